The normalized spacial score (nSPS) is 15.0. The fourth-order valence-electron chi connectivity index (χ4n) is 3.20. The SMILES string of the molecule is NS(=O)(=NC(=O)Nc1c(-c2ccccc2)cnc2c1CCC2)c1cc[nH]n1. The summed E-state index contributed by atoms with van der Waals surface area (Å²) in [5.41, 5.74) is 4.32. The molecule has 0 bridgehead atoms. The van der Waals surface area contributed by atoms with E-state index in [-0.39, 0.29) is 5.03 Å². The number of fused-ring (bicyclic) bond motifs is 1. The van der Waals surface area contributed by atoms with E-state index < -0.39 is 15.9 Å². The fraction of sp³-hybridized carbons (Fsp3) is 0.167. The highest BCUT2D eigenvalue weighted by Crippen LogP contribution is 2.36. The molecule has 0 fully saturated rings. The summed E-state index contributed by atoms with van der Waals surface area (Å²) in [5.74, 6) is 0. The van der Waals surface area contributed by atoms with Gasteiger partial charge < -0.3 is 5.32 Å². The van der Waals surface area contributed by atoms with Crippen LogP contribution in [0.25, 0.3) is 11.1 Å². The Morgan fingerprint density at radius 3 is 2.78 bits per heavy atom. The lowest BCUT2D eigenvalue weighted by atomic mass is 10.0. The van der Waals surface area contributed by atoms with E-state index in [2.05, 4.69) is 24.9 Å². The van der Waals surface area contributed by atoms with Crippen LogP contribution in [0.5, 0.6) is 0 Å². The number of aryl methyl sites for hydroxylation is 1. The van der Waals surface area contributed by atoms with Crippen LogP contribution in [0, 0.1) is 0 Å². The summed E-state index contributed by atoms with van der Waals surface area (Å²) in [4.78, 5) is 17.1. The molecular weight excluding hydrogens is 364 g/mol. The van der Waals surface area contributed by atoms with E-state index in [0.717, 1.165) is 41.6 Å². The molecule has 2 amide bonds. The second-order valence-corrected chi connectivity index (χ2v) is 7.93. The van der Waals surface area contributed by atoms with Crippen molar-refractivity contribution in [3.8, 4) is 11.1 Å². The van der Waals surface area contributed by atoms with Crippen LogP contribution in [-0.2, 0) is 22.8 Å². The average molecular weight is 382 g/mol. The van der Waals surface area contributed by atoms with Crippen molar-refractivity contribution >= 4 is 21.6 Å². The van der Waals surface area contributed by atoms with Crippen LogP contribution in [0.3, 0.4) is 0 Å². The van der Waals surface area contributed by atoms with Gasteiger partial charge >= 0.3 is 6.03 Å². The van der Waals surface area contributed by atoms with Crippen LogP contribution in [0.2, 0.25) is 0 Å². The summed E-state index contributed by atoms with van der Waals surface area (Å²) in [7, 11) is -3.42. The van der Waals surface area contributed by atoms with Gasteiger partial charge in [-0.3, -0.25) is 10.1 Å². The maximum Gasteiger partial charge on any atom is 0.354 e. The number of nitrogens with two attached hydrogens (primary N) is 1. The third-order valence-corrected chi connectivity index (χ3v) is 5.68. The Hall–Kier alpha value is -3.04. The monoisotopic (exact) mass is 382 g/mol. The number of aromatic nitrogens is 3. The molecule has 0 aliphatic heterocycles. The summed E-state index contributed by atoms with van der Waals surface area (Å²) < 4.78 is 16.2. The van der Waals surface area contributed by atoms with Crippen LogP contribution in [-0.4, -0.2) is 25.4 Å². The number of carbonyl (C=O) groups excluding carboxylic acids is 1. The molecule has 3 aromatic rings. The molecule has 0 saturated heterocycles. The summed E-state index contributed by atoms with van der Waals surface area (Å²) in [6.45, 7) is 0. The van der Waals surface area contributed by atoms with Gasteiger partial charge in [-0.2, -0.15) is 5.10 Å². The van der Waals surface area contributed by atoms with Crippen molar-refractivity contribution < 1.29 is 9.00 Å². The molecule has 1 aliphatic carbocycles. The number of amides is 2. The minimum absolute atomic E-state index is 0.0286. The van der Waals surface area contributed by atoms with Gasteiger partial charge in [-0.25, -0.2) is 14.1 Å². The number of urea groups is 1. The highest BCUT2D eigenvalue weighted by molar-refractivity contribution is 7.91. The van der Waals surface area contributed by atoms with E-state index in [9.17, 15) is 9.00 Å². The predicted molar refractivity (Wildman–Crippen MR) is 102 cm³/mol. The van der Waals surface area contributed by atoms with Crippen molar-refractivity contribution in [2.24, 2.45) is 9.50 Å². The van der Waals surface area contributed by atoms with Crippen molar-refractivity contribution in [3.63, 3.8) is 0 Å². The molecule has 1 atom stereocenters. The molecule has 0 spiro atoms. The molecule has 4 rings (SSSR count). The number of nitrogens with one attached hydrogen (secondary N) is 2. The molecular formula is C18H18N6O2S. The van der Waals surface area contributed by atoms with Crippen molar-refractivity contribution in [2.45, 2.75) is 24.3 Å². The third-order valence-electron chi connectivity index (χ3n) is 4.42. The summed E-state index contributed by atoms with van der Waals surface area (Å²) in [6.07, 6.45) is 5.88. The molecule has 27 heavy (non-hydrogen) atoms. The van der Waals surface area contributed by atoms with Gasteiger partial charge in [-0.15, -0.1) is 4.36 Å². The lowest BCUT2D eigenvalue weighted by molar-refractivity contribution is 0.260. The lowest BCUT2D eigenvalue weighted by Gasteiger charge is -2.14. The number of nitrogens with zero attached hydrogens (tertiary/aromatic N) is 3. The third kappa shape index (κ3) is 3.46. The Bertz CT molecular complexity index is 1100. The van der Waals surface area contributed by atoms with Gasteiger partial charge in [0.2, 0.25) is 0 Å². The van der Waals surface area contributed by atoms with Gasteiger partial charge in [-0.05, 0) is 36.5 Å². The number of hydrogen-bond acceptors (Lipinski definition) is 4. The molecule has 0 radical (unpaired) electrons. The van der Waals surface area contributed by atoms with E-state index in [1.54, 1.807) is 6.20 Å². The van der Waals surface area contributed by atoms with Crippen molar-refractivity contribution in [1.82, 2.24) is 15.2 Å². The first kappa shape index (κ1) is 17.4. The maximum atomic E-state index is 12.5. The molecule has 2 aromatic heterocycles. The zero-order valence-corrected chi connectivity index (χ0v) is 15.2. The van der Waals surface area contributed by atoms with Gasteiger partial charge in [-0.1, -0.05) is 30.3 Å². The Kier molecular flexibility index (Phi) is 4.46. The first-order valence-corrected chi connectivity index (χ1v) is 10.0. The topological polar surface area (TPSA) is 126 Å². The number of aromatic amines is 1. The van der Waals surface area contributed by atoms with E-state index >= 15 is 0 Å². The molecule has 4 N–H and O–H groups in total. The van der Waals surface area contributed by atoms with Gasteiger partial charge in [0.15, 0.2) is 14.9 Å². The summed E-state index contributed by atoms with van der Waals surface area (Å²) in [5, 5.41) is 14.8. The van der Waals surface area contributed by atoms with Gasteiger partial charge in [0.1, 0.15) is 0 Å². The molecule has 1 unspecified atom stereocenters. The summed E-state index contributed by atoms with van der Waals surface area (Å²) in [6, 6.07) is 10.3. The Labute approximate surface area is 156 Å². The molecule has 8 nitrogen and oxygen atoms in total. The smallest absolute Gasteiger partial charge is 0.305 e. The molecule has 9 heteroatoms. The van der Waals surface area contributed by atoms with E-state index in [4.69, 9.17) is 5.14 Å². The van der Waals surface area contributed by atoms with E-state index in [0.29, 0.717) is 5.69 Å². The quantitative estimate of drug-likeness (QED) is 0.644. The molecule has 2 heterocycles. The van der Waals surface area contributed by atoms with Crippen LogP contribution in [0.1, 0.15) is 17.7 Å². The van der Waals surface area contributed by atoms with E-state index in [1.165, 1.54) is 12.3 Å². The number of pyridine rings is 1. The molecule has 0 saturated carbocycles. The summed E-state index contributed by atoms with van der Waals surface area (Å²) >= 11 is 0. The number of benzene rings is 1. The largest absolute Gasteiger partial charge is 0.354 e. The zero-order valence-electron chi connectivity index (χ0n) is 14.4. The minimum atomic E-state index is -3.42. The van der Waals surface area contributed by atoms with Crippen molar-refractivity contribution in [3.05, 3.63) is 60.0 Å². The standard InChI is InChI=1S/C18H18N6O2S/c19-27(26,16-9-10-21-23-16)24-18(25)22-17-13-7-4-8-15(13)20-11-14(17)12-5-2-1-3-6-12/h1-3,5-6,9-11H,4,7-8H2,(H,21,23)(H3,19,20,22,24,25,26). The number of carbonyl (C=O) groups is 1. The van der Waals surface area contributed by atoms with Crippen LogP contribution in [0.4, 0.5) is 10.5 Å². The van der Waals surface area contributed by atoms with Gasteiger partial charge in [0.05, 0.1) is 5.69 Å². The Balaban J connectivity index is 1.74. The number of rotatable bonds is 3. The average Bonchev–Trinajstić information content (AvgIpc) is 3.34. The zero-order chi connectivity index (χ0) is 18.9. The highest BCUT2D eigenvalue weighted by atomic mass is 32.2. The predicted octanol–water partition coefficient (Wildman–Crippen LogP) is 2.89. The Morgan fingerprint density at radius 1 is 1.22 bits per heavy atom. The maximum absolute atomic E-state index is 12.5. The highest BCUT2D eigenvalue weighted by Gasteiger charge is 2.22. The second-order valence-electron chi connectivity index (χ2n) is 6.19. The molecule has 138 valence electrons. The molecule has 1 aliphatic rings. The number of hydrogen-bond donors (Lipinski definition) is 3. The van der Waals surface area contributed by atoms with Crippen LogP contribution < -0.4 is 10.5 Å². The first-order valence-electron chi connectivity index (χ1n) is 8.46. The van der Waals surface area contributed by atoms with Crippen LogP contribution >= 0.6 is 0 Å². The van der Waals surface area contributed by atoms with Gasteiger partial charge in [0.25, 0.3) is 0 Å². The Morgan fingerprint density at radius 2 is 2.04 bits per heavy atom. The van der Waals surface area contributed by atoms with Crippen molar-refractivity contribution in [2.75, 3.05) is 5.32 Å². The number of H-pyrrole nitrogens is 1. The fourth-order valence-corrected chi connectivity index (χ4v) is 4.03. The number of anilines is 1. The van der Waals surface area contributed by atoms with Gasteiger partial charge in [0, 0.05) is 23.7 Å². The minimum Gasteiger partial charge on any atom is -0.305 e. The lowest BCUT2D eigenvalue weighted by Crippen LogP contribution is -2.19. The first-order chi connectivity index (χ1) is 13.0. The van der Waals surface area contributed by atoms with Crippen LogP contribution in [0.15, 0.2) is 58.2 Å². The second kappa shape index (κ2) is 6.93. The van der Waals surface area contributed by atoms with E-state index in [1.807, 2.05) is 30.3 Å². The molecule has 1 aromatic carbocycles. The van der Waals surface area contributed by atoms with Crippen molar-refractivity contribution in [1.29, 1.82) is 0 Å².